The Morgan fingerprint density at radius 3 is 2.32 bits per heavy atom. The maximum absolute atomic E-state index is 12.8. The van der Waals surface area contributed by atoms with Crippen LogP contribution in [0.25, 0.3) is 0 Å². The van der Waals surface area contributed by atoms with E-state index in [1.165, 1.54) is 17.3 Å². The van der Waals surface area contributed by atoms with Gasteiger partial charge in [-0.1, -0.05) is 53.7 Å². The third-order valence-corrected chi connectivity index (χ3v) is 11.4. The molecule has 214 valence electrons. The standard InChI is InChI=1S/C31H32ClN3O4S2/c32-24-6-12-27(13-7-24)39-19-30(36)33-31-35(28-20-41(37,38)21-29(28)40-31)26-10-8-25(9-11-26)34-16-14-23(15-17-34)18-22-4-2-1-3-5-22/h1-13,23,28-29H,14-21H2/t28-,29-/m1/s1. The molecule has 0 unspecified atom stereocenters. The fraction of sp³-hybridized carbons (Fsp3) is 0.355. The summed E-state index contributed by atoms with van der Waals surface area (Å²) < 4.78 is 30.5. The number of ether oxygens (including phenoxy) is 1. The second-order valence-corrected chi connectivity index (χ2v) is 14.6. The fourth-order valence-electron chi connectivity index (χ4n) is 5.85. The van der Waals surface area contributed by atoms with Crippen molar-refractivity contribution in [1.29, 1.82) is 0 Å². The van der Waals surface area contributed by atoms with Crippen LogP contribution in [0.2, 0.25) is 5.02 Å². The highest BCUT2D eigenvalue weighted by Gasteiger charge is 2.49. The molecule has 0 saturated carbocycles. The van der Waals surface area contributed by atoms with Crippen molar-refractivity contribution < 1.29 is 17.9 Å². The zero-order chi connectivity index (χ0) is 28.4. The first-order valence-electron chi connectivity index (χ1n) is 13.9. The van der Waals surface area contributed by atoms with Crippen molar-refractivity contribution in [2.45, 2.75) is 30.6 Å². The number of carbonyl (C=O) groups excluding carboxylic acids is 1. The highest BCUT2D eigenvalue weighted by atomic mass is 35.5. The van der Waals surface area contributed by atoms with Crippen LogP contribution in [0.5, 0.6) is 5.75 Å². The minimum absolute atomic E-state index is 0.0514. The van der Waals surface area contributed by atoms with Crippen LogP contribution in [0.4, 0.5) is 11.4 Å². The molecule has 3 aromatic carbocycles. The van der Waals surface area contributed by atoms with Crippen LogP contribution in [0.3, 0.4) is 0 Å². The van der Waals surface area contributed by atoms with Gasteiger partial charge < -0.3 is 14.5 Å². The monoisotopic (exact) mass is 609 g/mol. The first-order chi connectivity index (χ1) is 19.8. The number of piperidine rings is 1. The van der Waals surface area contributed by atoms with Gasteiger partial charge in [0.25, 0.3) is 5.91 Å². The number of halogens is 1. The van der Waals surface area contributed by atoms with E-state index < -0.39 is 15.7 Å². The van der Waals surface area contributed by atoms with Crippen LogP contribution in [0.15, 0.2) is 83.9 Å². The summed E-state index contributed by atoms with van der Waals surface area (Å²) in [6.45, 7) is 1.80. The zero-order valence-corrected chi connectivity index (χ0v) is 25.0. The molecule has 3 aliphatic heterocycles. The van der Waals surface area contributed by atoms with Gasteiger partial charge in [-0.2, -0.15) is 4.99 Å². The molecule has 0 spiro atoms. The molecule has 3 fully saturated rings. The van der Waals surface area contributed by atoms with Gasteiger partial charge in [0.1, 0.15) is 5.75 Å². The predicted octanol–water partition coefficient (Wildman–Crippen LogP) is 5.48. The Bertz CT molecular complexity index is 1510. The average Bonchev–Trinajstić information content (AvgIpc) is 3.44. The summed E-state index contributed by atoms with van der Waals surface area (Å²) in [5.74, 6) is 0.932. The number of amidine groups is 1. The normalized spacial score (nSPS) is 23.1. The van der Waals surface area contributed by atoms with Crippen molar-refractivity contribution in [1.82, 2.24) is 0 Å². The molecule has 10 heteroatoms. The molecule has 1 amide bonds. The topological polar surface area (TPSA) is 79.3 Å². The number of carbonyl (C=O) groups is 1. The number of thioether (sulfide) groups is 1. The van der Waals surface area contributed by atoms with Gasteiger partial charge in [-0.05, 0) is 79.3 Å². The van der Waals surface area contributed by atoms with E-state index in [0.717, 1.165) is 43.7 Å². The largest absolute Gasteiger partial charge is 0.484 e. The van der Waals surface area contributed by atoms with E-state index in [2.05, 4.69) is 52.4 Å². The zero-order valence-electron chi connectivity index (χ0n) is 22.6. The molecule has 2 atom stereocenters. The summed E-state index contributed by atoms with van der Waals surface area (Å²) in [4.78, 5) is 21.5. The molecule has 3 saturated heterocycles. The second-order valence-electron chi connectivity index (χ2n) is 10.8. The van der Waals surface area contributed by atoms with Crippen molar-refractivity contribution in [3.05, 3.63) is 89.4 Å². The number of hydrogen-bond donors (Lipinski definition) is 0. The van der Waals surface area contributed by atoms with Crippen LogP contribution >= 0.6 is 23.4 Å². The van der Waals surface area contributed by atoms with E-state index >= 15 is 0 Å². The molecule has 0 radical (unpaired) electrons. The van der Waals surface area contributed by atoms with Crippen molar-refractivity contribution >= 4 is 55.6 Å². The molecule has 41 heavy (non-hydrogen) atoms. The van der Waals surface area contributed by atoms with E-state index in [0.29, 0.717) is 21.9 Å². The molecule has 6 rings (SSSR count). The minimum Gasteiger partial charge on any atom is -0.484 e. The van der Waals surface area contributed by atoms with E-state index in [1.807, 2.05) is 17.0 Å². The lowest BCUT2D eigenvalue weighted by Gasteiger charge is -2.34. The molecule has 0 bridgehead atoms. The number of hydrogen-bond acceptors (Lipinski definition) is 6. The number of sulfone groups is 1. The number of anilines is 2. The van der Waals surface area contributed by atoms with Crippen LogP contribution < -0.4 is 14.5 Å². The summed E-state index contributed by atoms with van der Waals surface area (Å²) >= 11 is 7.28. The van der Waals surface area contributed by atoms with Crippen molar-refractivity contribution in [2.75, 3.05) is 41.0 Å². The minimum atomic E-state index is -3.15. The molecule has 0 N–H and O–H groups in total. The first-order valence-corrected chi connectivity index (χ1v) is 17.0. The molecule has 3 aliphatic rings. The highest BCUT2D eigenvalue weighted by molar-refractivity contribution is 8.16. The molecule has 3 aromatic rings. The van der Waals surface area contributed by atoms with E-state index in [-0.39, 0.29) is 29.4 Å². The van der Waals surface area contributed by atoms with Crippen molar-refractivity contribution in [2.24, 2.45) is 10.9 Å². The molecular formula is C31H32ClN3O4S2. The second kappa shape index (κ2) is 12.1. The number of amides is 1. The summed E-state index contributed by atoms with van der Waals surface area (Å²) in [7, 11) is -3.15. The Labute approximate surface area is 250 Å². The Balaban J connectivity index is 1.13. The van der Waals surface area contributed by atoms with Gasteiger partial charge in [-0.3, -0.25) is 4.79 Å². The Kier molecular flexibility index (Phi) is 8.28. The summed E-state index contributed by atoms with van der Waals surface area (Å²) in [6, 6.07) is 25.4. The fourth-order valence-corrected chi connectivity index (χ4v) is 9.91. The Hall–Kier alpha value is -3.01. The number of benzene rings is 3. The van der Waals surface area contributed by atoms with E-state index in [1.54, 1.807) is 24.3 Å². The Morgan fingerprint density at radius 1 is 0.927 bits per heavy atom. The quantitative estimate of drug-likeness (QED) is 0.351. The summed E-state index contributed by atoms with van der Waals surface area (Å²) in [6.07, 6.45) is 3.42. The highest BCUT2D eigenvalue weighted by Crippen LogP contribution is 2.41. The van der Waals surface area contributed by atoms with Crippen LogP contribution in [0, 0.1) is 5.92 Å². The van der Waals surface area contributed by atoms with Gasteiger partial charge in [0.05, 0.1) is 17.5 Å². The van der Waals surface area contributed by atoms with Gasteiger partial charge in [0.2, 0.25) is 0 Å². The maximum atomic E-state index is 12.8. The van der Waals surface area contributed by atoms with Gasteiger partial charge in [0, 0.05) is 34.7 Å². The lowest BCUT2D eigenvalue weighted by atomic mass is 9.90. The maximum Gasteiger partial charge on any atom is 0.285 e. The van der Waals surface area contributed by atoms with Gasteiger partial charge in [0.15, 0.2) is 21.6 Å². The van der Waals surface area contributed by atoms with E-state index in [9.17, 15) is 13.2 Å². The van der Waals surface area contributed by atoms with Gasteiger partial charge >= 0.3 is 0 Å². The van der Waals surface area contributed by atoms with Crippen LogP contribution in [-0.2, 0) is 21.1 Å². The third kappa shape index (κ3) is 6.74. The summed E-state index contributed by atoms with van der Waals surface area (Å²) in [5.41, 5.74) is 3.40. The molecular weight excluding hydrogens is 578 g/mol. The number of nitrogens with zero attached hydrogens (tertiary/aromatic N) is 3. The van der Waals surface area contributed by atoms with Crippen molar-refractivity contribution in [3.63, 3.8) is 0 Å². The predicted molar refractivity (Wildman–Crippen MR) is 167 cm³/mol. The average molecular weight is 610 g/mol. The first kappa shape index (κ1) is 28.1. The molecule has 0 aromatic heterocycles. The smallest absolute Gasteiger partial charge is 0.285 e. The third-order valence-electron chi connectivity index (χ3n) is 7.94. The number of fused-ring (bicyclic) bond motifs is 1. The van der Waals surface area contributed by atoms with Gasteiger partial charge in [-0.25, -0.2) is 8.42 Å². The molecule has 0 aliphatic carbocycles. The van der Waals surface area contributed by atoms with E-state index in [4.69, 9.17) is 16.3 Å². The lowest BCUT2D eigenvalue weighted by Crippen LogP contribution is -2.38. The number of aliphatic imine (C=N–C) groups is 1. The number of rotatable bonds is 7. The van der Waals surface area contributed by atoms with Crippen LogP contribution in [0.1, 0.15) is 18.4 Å². The van der Waals surface area contributed by atoms with Gasteiger partial charge in [-0.15, -0.1) is 0 Å². The molecule has 3 heterocycles. The van der Waals surface area contributed by atoms with Crippen LogP contribution in [-0.4, -0.2) is 62.0 Å². The lowest BCUT2D eigenvalue weighted by molar-refractivity contribution is -0.119. The Morgan fingerprint density at radius 2 is 1.61 bits per heavy atom. The molecule has 7 nitrogen and oxygen atoms in total. The summed E-state index contributed by atoms with van der Waals surface area (Å²) in [5, 5.41) is 0.947. The SMILES string of the molecule is O=C(COc1ccc(Cl)cc1)N=C1S[C@@H]2CS(=O)(=O)C[C@H]2N1c1ccc(N2CCC(Cc3ccccc3)CC2)cc1. The van der Waals surface area contributed by atoms with Crippen molar-refractivity contribution in [3.8, 4) is 5.75 Å².